The van der Waals surface area contributed by atoms with Crippen LogP contribution >= 0.6 is 23.4 Å². The third kappa shape index (κ3) is 3.28. The second kappa shape index (κ2) is 6.33. The smallest absolute Gasteiger partial charge is 0.195 e. The summed E-state index contributed by atoms with van der Waals surface area (Å²) >= 11 is 7.71. The molecular formula is C16H14ClN3S. The molecule has 3 aromatic rings. The van der Waals surface area contributed by atoms with Crippen LogP contribution in [-0.4, -0.2) is 14.8 Å². The number of nitrogens with zero attached hydrogens (tertiary/aromatic N) is 3. The third-order valence-electron chi connectivity index (χ3n) is 3.22. The zero-order valence-corrected chi connectivity index (χ0v) is 13.1. The first-order valence-corrected chi connectivity index (χ1v) is 7.93. The van der Waals surface area contributed by atoms with Gasteiger partial charge < -0.3 is 0 Å². The molecule has 1 aromatic heterocycles. The molecule has 0 aliphatic heterocycles. The lowest BCUT2D eigenvalue weighted by Gasteiger charge is -2.08. The van der Waals surface area contributed by atoms with Crippen molar-refractivity contribution < 1.29 is 0 Å². The molecule has 0 aliphatic carbocycles. The van der Waals surface area contributed by atoms with Crippen molar-refractivity contribution in [3.05, 3.63) is 71.0 Å². The maximum atomic E-state index is 6.05. The number of rotatable bonds is 4. The van der Waals surface area contributed by atoms with Crippen molar-refractivity contribution in [2.24, 2.45) is 0 Å². The molecular weight excluding hydrogens is 302 g/mol. The molecule has 0 aliphatic rings. The zero-order chi connectivity index (χ0) is 14.7. The zero-order valence-electron chi connectivity index (χ0n) is 11.5. The Kier molecular flexibility index (Phi) is 4.27. The van der Waals surface area contributed by atoms with Gasteiger partial charge >= 0.3 is 0 Å². The predicted octanol–water partition coefficient (Wildman–Crippen LogP) is 4.52. The first kappa shape index (κ1) is 14.2. The van der Waals surface area contributed by atoms with Gasteiger partial charge in [-0.3, -0.25) is 4.57 Å². The minimum absolute atomic E-state index is 0.705. The van der Waals surface area contributed by atoms with E-state index in [-0.39, 0.29) is 0 Å². The van der Waals surface area contributed by atoms with Crippen molar-refractivity contribution in [1.82, 2.24) is 14.8 Å². The fourth-order valence-electron chi connectivity index (χ4n) is 2.04. The highest BCUT2D eigenvalue weighted by Crippen LogP contribution is 2.25. The number of aryl methyl sites for hydroxylation is 1. The van der Waals surface area contributed by atoms with E-state index in [0.29, 0.717) is 5.02 Å². The van der Waals surface area contributed by atoms with E-state index in [9.17, 15) is 0 Å². The maximum absolute atomic E-state index is 6.05. The van der Waals surface area contributed by atoms with E-state index in [1.165, 1.54) is 11.1 Å². The van der Waals surface area contributed by atoms with E-state index in [1.54, 1.807) is 18.1 Å². The third-order valence-corrected chi connectivity index (χ3v) is 4.45. The average Bonchev–Trinajstić information content (AvgIpc) is 2.95. The number of hydrogen-bond donors (Lipinski definition) is 0. The topological polar surface area (TPSA) is 30.7 Å². The summed E-state index contributed by atoms with van der Waals surface area (Å²) in [5, 5.41) is 9.78. The SMILES string of the molecule is Cc1ccccc1CSc1nncn1-c1cccc(Cl)c1. The highest BCUT2D eigenvalue weighted by Gasteiger charge is 2.08. The molecule has 0 radical (unpaired) electrons. The summed E-state index contributed by atoms with van der Waals surface area (Å²) < 4.78 is 1.95. The Bertz CT molecular complexity index is 755. The minimum Gasteiger partial charge on any atom is -0.277 e. The summed E-state index contributed by atoms with van der Waals surface area (Å²) in [7, 11) is 0. The Hall–Kier alpha value is -1.78. The quantitative estimate of drug-likeness (QED) is 0.663. The standard InChI is InChI=1S/C16H14ClN3S/c1-12-5-2-3-6-13(12)10-21-16-19-18-11-20(16)15-8-4-7-14(17)9-15/h2-9,11H,10H2,1H3. The summed E-state index contributed by atoms with van der Waals surface area (Å²) in [4.78, 5) is 0. The van der Waals surface area contributed by atoms with E-state index in [1.807, 2.05) is 28.8 Å². The molecule has 2 aromatic carbocycles. The van der Waals surface area contributed by atoms with Crippen LogP contribution < -0.4 is 0 Å². The van der Waals surface area contributed by atoms with Gasteiger partial charge in [0.1, 0.15) is 6.33 Å². The summed E-state index contributed by atoms with van der Waals surface area (Å²) in [5.74, 6) is 0.867. The normalized spacial score (nSPS) is 10.8. The van der Waals surface area contributed by atoms with Gasteiger partial charge in [0.2, 0.25) is 0 Å². The van der Waals surface area contributed by atoms with Crippen molar-refractivity contribution in [2.75, 3.05) is 0 Å². The fourth-order valence-corrected chi connectivity index (χ4v) is 3.23. The largest absolute Gasteiger partial charge is 0.277 e. The molecule has 0 atom stereocenters. The van der Waals surface area contributed by atoms with Crippen molar-refractivity contribution in [3.8, 4) is 5.69 Å². The summed E-state index contributed by atoms with van der Waals surface area (Å²) in [6, 6.07) is 16.1. The molecule has 5 heteroatoms. The second-order valence-corrected chi connectivity index (χ2v) is 6.06. The molecule has 0 fully saturated rings. The van der Waals surface area contributed by atoms with Crippen LogP contribution in [0.5, 0.6) is 0 Å². The van der Waals surface area contributed by atoms with E-state index >= 15 is 0 Å². The molecule has 0 N–H and O–H groups in total. The Labute approximate surface area is 133 Å². The van der Waals surface area contributed by atoms with Gasteiger partial charge in [0, 0.05) is 10.8 Å². The molecule has 0 spiro atoms. The molecule has 3 rings (SSSR count). The van der Waals surface area contributed by atoms with Gasteiger partial charge in [-0.15, -0.1) is 10.2 Å². The lowest BCUT2D eigenvalue weighted by Crippen LogP contribution is -1.95. The lowest BCUT2D eigenvalue weighted by molar-refractivity contribution is 0.883. The monoisotopic (exact) mass is 315 g/mol. The molecule has 0 saturated heterocycles. The molecule has 106 valence electrons. The molecule has 0 saturated carbocycles. The van der Waals surface area contributed by atoms with Gasteiger partial charge in [-0.25, -0.2) is 0 Å². The molecule has 1 heterocycles. The maximum Gasteiger partial charge on any atom is 0.195 e. The van der Waals surface area contributed by atoms with Gasteiger partial charge in [0.15, 0.2) is 5.16 Å². The Morgan fingerprint density at radius 2 is 2.00 bits per heavy atom. The van der Waals surface area contributed by atoms with Crippen LogP contribution in [0.25, 0.3) is 5.69 Å². The lowest BCUT2D eigenvalue weighted by atomic mass is 10.1. The van der Waals surface area contributed by atoms with Crippen molar-refractivity contribution in [3.63, 3.8) is 0 Å². The van der Waals surface area contributed by atoms with Crippen LogP contribution in [0.3, 0.4) is 0 Å². The van der Waals surface area contributed by atoms with E-state index in [4.69, 9.17) is 11.6 Å². The average molecular weight is 316 g/mol. The first-order valence-electron chi connectivity index (χ1n) is 6.57. The van der Waals surface area contributed by atoms with E-state index in [0.717, 1.165) is 16.6 Å². The summed E-state index contributed by atoms with van der Waals surface area (Å²) in [6.07, 6.45) is 1.71. The van der Waals surface area contributed by atoms with Crippen LogP contribution in [0.1, 0.15) is 11.1 Å². The summed E-state index contributed by atoms with van der Waals surface area (Å²) in [5.41, 5.74) is 3.57. The van der Waals surface area contributed by atoms with E-state index in [2.05, 4.69) is 41.4 Å². The van der Waals surface area contributed by atoms with Gasteiger partial charge in [0.05, 0.1) is 5.69 Å². The highest BCUT2D eigenvalue weighted by atomic mass is 35.5. The molecule has 21 heavy (non-hydrogen) atoms. The molecule has 0 amide bonds. The minimum atomic E-state index is 0.705. The highest BCUT2D eigenvalue weighted by molar-refractivity contribution is 7.98. The van der Waals surface area contributed by atoms with Crippen molar-refractivity contribution in [1.29, 1.82) is 0 Å². The Morgan fingerprint density at radius 1 is 1.14 bits per heavy atom. The molecule has 0 unspecified atom stereocenters. The Morgan fingerprint density at radius 3 is 2.81 bits per heavy atom. The number of hydrogen-bond acceptors (Lipinski definition) is 3. The van der Waals surface area contributed by atoms with Crippen LogP contribution in [0.15, 0.2) is 60.0 Å². The van der Waals surface area contributed by atoms with Gasteiger partial charge in [0.25, 0.3) is 0 Å². The molecule has 0 bridgehead atoms. The van der Waals surface area contributed by atoms with Crippen molar-refractivity contribution in [2.45, 2.75) is 17.8 Å². The number of halogens is 1. The van der Waals surface area contributed by atoms with Gasteiger partial charge in [-0.05, 0) is 36.2 Å². The Balaban J connectivity index is 1.82. The molecule has 3 nitrogen and oxygen atoms in total. The van der Waals surface area contributed by atoms with Crippen LogP contribution in [0, 0.1) is 6.92 Å². The predicted molar refractivity (Wildman–Crippen MR) is 87.1 cm³/mol. The number of benzene rings is 2. The number of aromatic nitrogens is 3. The van der Waals surface area contributed by atoms with Crippen molar-refractivity contribution >= 4 is 23.4 Å². The van der Waals surface area contributed by atoms with Crippen LogP contribution in [0.2, 0.25) is 5.02 Å². The van der Waals surface area contributed by atoms with Gasteiger partial charge in [-0.1, -0.05) is 53.7 Å². The van der Waals surface area contributed by atoms with Gasteiger partial charge in [-0.2, -0.15) is 0 Å². The fraction of sp³-hybridized carbons (Fsp3) is 0.125. The van der Waals surface area contributed by atoms with Crippen LogP contribution in [-0.2, 0) is 5.75 Å². The second-order valence-electron chi connectivity index (χ2n) is 4.68. The summed E-state index contributed by atoms with van der Waals surface area (Å²) in [6.45, 7) is 2.12. The van der Waals surface area contributed by atoms with Crippen LogP contribution in [0.4, 0.5) is 0 Å². The van der Waals surface area contributed by atoms with E-state index < -0.39 is 0 Å². The number of thioether (sulfide) groups is 1. The first-order chi connectivity index (χ1) is 10.2.